The van der Waals surface area contributed by atoms with Gasteiger partial charge in [-0.3, -0.25) is 4.79 Å². The molecule has 2 aromatic rings. The number of hydrogen-bond acceptors (Lipinski definition) is 4. The number of esters is 1. The molecule has 0 atom stereocenters. The molecule has 1 amide bonds. The number of nitrogens with one attached hydrogen (secondary N) is 2. The lowest BCUT2D eigenvalue weighted by molar-refractivity contribution is -0.921. The van der Waals surface area contributed by atoms with Crippen LogP contribution in [0, 0.1) is 0 Å². The average molecular weight is 369 g/mol. The van der Waals surface area contributed by atoms with E-state index in [1.807, 2.05) is 12.1 Å². The number of benzene rings is 2. The van der Waals surface area contributed by atoms with Gasteiger partial charge in [0.1, 0.15) is 19.6 Å². The van der Waals surface area contributed by atoms with Crippen LogP contribution in [0.15, 0.2) is 48.5 Å². The van der Waals surface area contributed by atoms with Crippen LogP contribution >= 0.6 is 0 Å². The van der Waals surface area contributed by atoms with E-state index in [4.69, 9.17) is 4.74 Å². The van der Waals surface area contributed by atoms with E-state index in [1.54, 1.807) is 24.3 Å². The van der Waals surface area contributed by atoms with E-state index in [0.29, 0.717) is 17.7 Å². The number of ether oxygens (including phenoxy) is 2. The van der Waals surface area contributed by atoms with E-state index < -0.39 is 5.97 Å². The maximum Gasteiger partial charge on any atom is 0.337 e. The maximum absolute atomic E-state index is 12.4. The summed E-state index contributed by atoms with van der Waals surface area (Å²) in [5.41, 5.74) is 3.30. The van der Waals surface area contributed by atoms with Crippen molar-refractivity contribution in [2.75, 3.05) is 33.4 Å². The molecule has 0 unspecified atom stereocenters. The summed E-state index contributed by atoms with van der Waals surface area (Å²) >= 11 is 0. The third-order valence-corrected chi connectivity index (χ3v) is 4.77. The number of quaternary nitrogens is 1. The zero-order valence-electron chi connectivity index (χ0n) is 15.5. The first kappa shape index (κ1) is 19.1. The first-order chi connectivity index (χ1) is 13.2. The molecule has 0 saturated carbocycles. The largest absolute Gasteiger partial charge is 0.465 e. The molecule has 0 aromatic heterocycles. The van der Waals surface area contributed by atoms with Crippen molar-refractivity contribution in [1.29, 1.82) is 0 Å². The van der Waals surface area contributed by atoms with Gasteiger partial charge in [0.25, 0.3) is 5.91 Å². The standard InChI is InChI=1S/C21H24N2O4/c1-26-21(25)17-8-6-16(7-9-17)20(24)22-14-18-4-2-3-5-19(18)15-23-10-12-27-13-11-23/h2-9H,10-15H2,1H3,(H,22,24)/p+1. The summed E-state index contributed by atoms with van der Waals surface area (Å²) in [5, 5.41) is 2.97. The molecule has 1 aliphatic rings. The van der Waals surface area contributed by atoms with Gasteiger partial charge in [0.05, 0.1) is 25.9 Å². The van der Waals surface area contributed by atoms with Gasteiger partial charge in [-0.15, -0.1) is 0 Å². The Morgan fingerprint density at radius 3 is 2.30 bits per heavy atom. The summed E-state index contributed by atoms with van der Waals surface area (Å²) in [5.74, 6) is -0.582. The van der Waals surface area contributed by atoms with Crippen LogP contribution in [0.25, 0.3) is 0 Å². The Morgan fingerprint density at radius 1 is 1.00 bits per heavy atom. The van der Waals surface area contributed by atoms with Gasteiger partial charge in [-0.25, -0.2) is 4.79 Å². The van der Waals surface area contributed by atoms with Crippen LogP contribution in [0.3, 0.4) is 0 Å². The van der Waals surface area contributed by atoms with Crippen molar-refractivity contribution >= 4 is 11.9 Å². The molecule has 2 N–H and O–H groups in total. The van der Waals surface area contributed by atoms with Gasteiger partial charge in [-0.1, -0.05) is 24.3 Å². The van der Waals surface area contributed by atoms with Crippen LogP contribution in [0.4, 0.5) is 0 Å². The molecular formula is C21H25N2O4+. The number of hydrogen-bond donors (Lipinski definition) is 2. The first-order valence-corrected chi connectivity index (χ1v) is 9.12. The topological polar surface area (TPSA) is 69.1 Å². The Labute approximate surface area is 159 Å². The Bertz CT molecular complexity index is 783. The molecule has 1 aliphatic heterocycles. The second-order valence-electron chi connectivity index (χ2n) is 6.56. The molecule has 142 valence electrons. The average Bonchev–Trinajstić information content (AvgIpc) is 2.73. The van der Waals surface area contributed by atoms with E-state index >= 15 is 0 Å². The molecule has 6 heteroatoms. The number of morpholine rings is 1. The fourth-order valence-corrected chi connectivity index (χ4v) is 3.16. The van der Waals surface area contributed by atoms with E-state index in [1.165, 1.54) is 17.6 Å². The molecule has 2 aromatic carbocycles. The van der Waals surface area contributed by atoms with Gasteiger partial charge >= 0.3 is 5.97 Å². The second kappa shape index (κ2) is 9.30. The van der Waals surface area contributed by atoms with Gasteiger partial charge in [0.15, 0.2) is 0 Å². The van der Waals surface area contributed by atoms with Crippen LogP contribution < -0.4 is 10.2 Å². The summed E-state index contributed by atoms with van der Waals surface area (Å²) < 4.78 is 10.1. The highest BCUT2D eigenvalue weighted by atomic mass is 16.5. The van der Waals surface area contributed by atoms with E-state index in [-0.39, 0.29) is 5.91 Å². The molecule has 6 nitrogen and oxygen atoms in total. The molecule has 0 bridgehead atoms. The summed E-state index contributed by atoms with van der Waals surface area (Å²) in [6.45, 7) is 5.02. The number of carbonyl (C=O) groups is 2. The zero-order chi connectivity index (χ0) is 19.1. The highest BCUT2D eigenvalue weighted by molar-refractivity contribution is 5.96. The highest BCUT2D eigenvalue weighted by Crippen LogP contribution is 2.09. The lowest BCUT2D eigenvalue weighted by atomic mass is 10.1. The molecule has 1 saturated heterocycles. The summed E-state index contributed by atoms with van der Waals surface area (Å²) in [6, 6.07) is 14.6. The molecule has 27 heavy (non-hydrogen) atoms. The van der Waals surface area contributed by atoms with E-state index in [2.05, 4.69) is 22.2 Å². The summed E-state index contributed by atoms with van der Waals surface area (Å²) in [4.78, 5) is 25.4. The Balaban J connectivity index is 1.60. The van der Waals surface area contributed by atoms with Crippen molar-refractivity contribution in [3.8, 4) is 0 Å². The van der Waals surface area contributed by atoms with Crippen LogP contribution in [0.2, 0.25) is 0 Å². The molecular weight excluding hydrogens is 344 g/mol. The van der Waals surface area contributed by atoms with Gasteiger partial charge in [-0.2, -0.15) is 0 Å². The quantitative estimate of drug-likeness (QED) is 0.740. The summed E-state index contributed by atoms with van der Waals surface area (Å²) in [6.07, 6.45) is 0. The smallest absolute Gasteiger partial charge is 0.337 e. The highest BCUT2D eigenvalue weighted by Gasteiger charge is 2.16. The Kier molecular flexibility index (Phi) is 6.57. The van der Waals surface area contributed by atoms with Gasteiger partial charge in [-0.05, 0) is 29.8 Å². The summed E-state index contributed by atoms with van der Waals surface area (Å²) in [7, 11) is 1.33. The van der Waals surface area contributed by atoms with E-state index in [0.717, 1.165) is 38.4 Å². The van der Waals surface area contributed by atoms with Crippen molar-refractivity contribution in [2.45, 2.75) is 13.1 Å². The number of amides is 1. The molecule has 3 rings (SSSR count). The van der Waals surface area contributed by atoms with Crippen LogP contribution in [0.1, 0.15) is 31.8 Å². The fourth-order valence-electron chi connectivity index (χ4n) is 3.16. The number of carbonyl (C=O) groups excluding carboxylic acids is 2. The second-order valence-corrected chi connectivity index (χ2v) is 6.56. The number of methoxy groups -OCH3 is 1. The fraction of sp³-hybridized carbons (Fsp3) is 0.333. The zero-order valence-corrected chi connectivity index (χ0v) is 15.5. The monoisotopic (exact) mass is 369 g/mol. The van der Waals surface area contributed by atoms with Crippen molar-refractivity contribution in [3.63, 3.8) is 0 Å². The third-order valence-electron chi connectivity index (χ3n) is 4.77. The molecule has 0 radical (unpaired) electrons. The predicted octanol–water partition coefficient (Wildman–Crippen LogP) is 0.818. The van der Waals surface area contributed by atoms with Crippen molar-refractivity contribution < 1.29 is 24.0 Å². The number of rotatable bonds is 6. The van der Waals surface area contributed by atoms with Crippen LogP contribution in [-0.2, 0) is 22.6 Å². The molecule has 0 aliphatic carbocycles. The lowest BCUT2D eigenvalue weighted by Gasteiger charge is -2.24. The van der Waals surface area contributed by atoms with Crippen LogP contribution in [-0.4, -0.2) is 45.3 Å². The van der Waals surface area contributed by atoms with Crippen molar-refractivity contribution in [3.05, 3.63) is 70.8 Å². The van der Waals surface area contributed by atoms with Gasteiger partial charge < -0.3 is 19.7 Å². The SMILES string of the molecule is COC(=O)c1ccc(C(=O)NCc2ccccc2C[NH+]2CCOCC2)cc1. The molecule has 1 heterocycles. The maximum atomic E-state index is 12.4. The van der Waals surface area contributed by atoms with Crippen molar-refractivity contribution in [2.24, 2.45) is 0 Å². The Hall–Kier alpha value is -2.70. The predicted molar refractivity (Wildman–Crippen MR) is 101 cm³/mol. The van der Waals surface area contributed by atoms with E-state index in [9.17, 15) is 9.59 Å². The Morgan fingerprint density at radius 2 is 1.63 bits per heavy atom. The minimum absolute atomic E-state index is 0.167. The van der Waals surface area contributed by atoms with Gasteiger partial charge in [0.2, 0.25) is 0 Å². The molecule has 1 fully saturated rings. The van der Waals surface area contributed by atoms with Gasteiger partial charge in [0, 0.05) is 17.7 Å². The van der Waals surface area contributed by atoms with Crippen molar-refractivity contribution in [1.82, 2.24) is 5.32 Å². The third kappa shape index (κ3) is 5.15. The lowest BCUT2D eigenvalue weighted by Crippen LogP contribution is -3.12. The molecule has 0 spiro atoms. The normalized spacial score (nSPS) is 14.6. The minimum Gasteiger partial charge on any atom is -0.465 e. The van der Waals surface area contributed by atoms with Crippen LogP contribution in [0.5, 0.6) is 0 Å². The minimum atomic E-state index is -0.415. The first-order valence-electron chi connectivity index (χ1n) is 9.12.